The lowest BCUT2D eigenvalue weighted by Crippen LogP contribution is -2.10. The van der Waals surface area contributed by atoms with E-state index in [1.54, 1.807) is 0 Å². The van der Waals surface area contributed by atoms with Crippen LogP contribution in [-0.2, 0) is 0 Å². The van der Waals surface area contributed by atoms with E-state index >= 15 is 0 Å². The minimum Gasteiger partial charge on any atom is -0.526 e. The van der Waals surface area contributed by atoms with Crippen LogP contribution in [0.5, 0.6) is 11.5 Å². The number of hydrogen-bond acceptors (Lipinski definition) is 2. The first kappa shape index (κ1) is 25.2. The lowest BCUT2D eigenvalue weighted by Gasteiger charge is -2.10. The van der Waals surface area contributed by atoms with Crippen LogP contribution in [0.2, 0.25) is 0 Å². The van der Waals surface area contributed by atoms with Gasteiger partial charge in [0.05, 0.1) is 0 Å². The van der Waals surface area contributed by atoms with Gasteiger partial charge in [0.25, 0.3) is 0 Å². The Kier molecular flexibility index (Phi) is 6.27. The zero-order valence-electron chi connectivity index (χ0n) is 23.4. The molecule has 1 radical (unpaired) electrons. The van der Waals surface area contributed by atoms with Gasteiger partial charge in [-0.15, -0.1) is 0 Å². The zero-order valence-corrected chi connectivity index (χ0v) is 23.4. The Balaban J connectivity index is 0.949. The van der Waals surface area contributed by atoms with E-state index in [0.717, 1.165) is 33.0 Å². The highest BCUT2D eigenvalue weighted by Crippen LogP contribution is 2.31. The van der Waals surface area contributed by atoms with Gasteiger partial charge in [0, 0.05) is 0 Å². The largest absolute Gasteiger partial charge is 0.658 e. The number of hydrogen-bond donors (Lipinski definition) is 0. The molecule has 8 aromatic rings. The second-order valence-electron chi connectivity index (χ2n) is 10.9. The molecule has 0 bridgehead atoms. The summed E-state index contributed by atoms with van der Waals surface area (Å²) in [7, 11) is 1.40. The summed E-state index contributed by atoms with van der Waals surface area (Å²) >= 11 is 0. The standard InChI is InChI=1S/C40H26BO2/c1-3-7-29-21-31(11-9-27(29)5-1)33-13-15-37-25-39(19-17-35(37)23-33)42-41-43-40-20-18-36-24-34(14-16-38(36)26-40)32-12-10-28-6-2-4-8-30(28)22-32/h1-26H. The average molecular weight is 549 g/mol. The molecule has 0 heterocycles. The summed E-state index contributed by atoms with van der Waals surface area (Å²) in [4.78, 5) is 0. The Morgan fingerprint density at radius 1 is 0.279 bits per heavy atom. The predicted octanol–water partition coefficient (Wildman–Crippen LogP) is 10.6. The molecule has 3 heteroatoms. The van der Waals surface area contributed by atoms with E-state index in [1.165, 1.54) is 51.5 Å². The van der Waals surface area contributed by atoms with Crippen LogP contribution in [0, 0.1) is 0 Å². The van der Waals surface area contributed by atoms with Crippen molar-refractivity contribution in [3.63, 3.8) is 0 Å². The minimum atomic E-state index is 0.728. The fraction of sp³-hybridized carbons (Fsp3) is 0. The Morgan fingerprint density at radius 3 is 1.00 bits per heavy atom. The van der Waals surface area contributed by atoms with Gasteiger partial charge in [0.2, 0.25) is 0 Å². The number of benzene rings is 8. The first-order chi connectivity index (χ1) is 21.2. The Hall–Kier alpha value is -5.54. The summed E-state index contributed by atoms with van der Waals surface area (Å²) in [5.74, 6) is 1.46. The maximum atomic E-state index is 5.86. The third kappa shape index (κ3) is 5.07. The van der Waals surface area contributed by atoms with Crippen molar-refractivity contribution in [3.05, 3.63) is 158 Å². The third-order valence-electron chi connectivity index (χ3n) is 8.16. The quantitative estimate of drug-likeness (QED) is 0.192. The van der Waals surface area contributed by atoms with Crippen LogP contribution in [0.3, 0.4) is 0 Å². The summed E-state index contributed by atoms with van der Waals surface area (Å²) in [6.45, 7) is 0. The fourth-order valence-corrected chi connectivity index (χ4v) is 5.83. The van der Waals surface area contributed by atoms with Crippen molar-refractivity contribution < 1.29 is 9.31 Å². The normalized spacial score (nSPS) is 11.3. The molecular weight excluding hydrogens is 523 g/mol. The van der Waals surface area contributed by atoms with E-state index in [4.69, 9.17) is 9.31 Å². The Morgan fingerprint density at radius 2 is 0.581 bits per heavy atom. The molecule has 0 saturated carbocycles. The van der Waals surface area contributed by atoms with Gasteiger partial charge in [-0.2, -0.15) is 0 Å². The maximum absolute atomic E-state index is 5.86. The van der Waals surface area contributed by atoms with Crippen molar-refractivity contribution >= 4 is 50.8 Å². The smallest absolute Gasteiger partial charge is 0.526 e. The molecular formula is C40H26BO2. The zero-order chi connectivity index (χ0) is 28.6. The fourth-order valence-electron chi connectivity index (χ4n) is 5.83. The highest BCUT2D eigenvalue weighted by atomic mass is 16.6. The molecule has 0 atom stereocenters. The van der Waals surface area contributed by atoms with Gasteiger partial charge in [-0.3, -0.25) is 0 Å². The molecule has 0 saturated heterocycles. The van der Waals surface area contributed by atoms with Crippen molar-refractivity contribution in [3.8, 4) is 33.8 Å². The number of fused-ring (bicyclic) bond motifs is 4. The molecule has 2 nitrogen and oxygen atoms in total. The van der Waals surface area contributed by atoms with Gasteiger partial charge in [0.15, 0.2) is 0 Å². The predicted molar refractivity (Wildman–Crippen MR) is 181 cm³/mol. The SMILES string of the molecule is [B](Oc1ccc2cc(-c3ccc4ccccc4c3)ccc2c1)Oc1ccc2cc(-c3ccc4ccccc4c3)ccc2c1. The van der Waals surface area contributed by atoms with Crippen LogP contribution in [0.15, 0.2) is 158 Å². The molecule has 0 aliphatic carbocycles. The molecule has 0 N–H and O–H groups in total. The van der Waals surface area contributed by atoms with Gasteiger partial charge >= 0.3 is 7.69 Å². The molecule has 0 aromatic heterocycles. The maximum Gasteiger partial charge on any atom is 0.658 e. The highest BCUT2D eigenvalue weighted by Gasteiger charge is 2.07. The Bertz CT molecular complexity index is 2130. The molecule has 201 valence electrons. The first-order valence-corrected chi connectivity index (χ1v) is 14.5. The van der Waals surface area contributed by atoms with Gasteiger partial charge in [0.1, 0.15) is 11.5 Å². The summed E-state index contributed by atoms with van der Waals surface area (Å²) in [6, 6.07) is 55.4. The summed E-state index contributed by atoms with van der Waals surface area (Å²) in [6.07, 6.45) is 0. The van der Waals surface area contributed by atoms with Crippen molar-refractivity contribution in [1.29, 1.82) is 0 Å². The van der Waals surface area contributed by atoms with E-state index < -0.39 is 0 Å². The van der Waals surface area contributed by atoms with Gasteiger partial charge < -0.3 is 9.31 Å². The van der Waals surface area contributed by atoms with Crippen LogP contribution >= 0.6 is 0 Å². The lowest BCUT2D eigenvalue weighted by atomic mass is 9.98. The van der Waals surface area contributed by atoms with Crippen LogP contribution in [0.25, 0.3) is 65.3 Å². The summed E-state index contributed by atoms with van der Waals surface area (Å²) < 4.78 is 11.7. The molecule has 0 aliphatic rings. The van der Waals surface area contributed by atoms with Crippen LogP contribution < -0.4 is 9.31 Å². The van der Waals surface area contributed by atoms with Crippen molar-refractivity contribution in [2.75, 3.05) is 0 Å². The van der Waals surface area contributed by atoms with Crippen LogP contribution in [0.1, 0.15) is 0 Å². The molecule has 43 heavy (non-hydrogen) atoms. The van der Waals surface area contributed by atoms with E-state index in [2.05, 4.69) is 133 Å². The highest BCUT2D eigenvalue weighted by molar-refractivity contribution is 6.21. The average Bonchev–Trinajstić information content (AvgIpc) is 3.07. The molecule has 0 aliphatic heterocycles. The Labute approximate surface area is 251 Å². The second kappa shape index (κ2) is 10.7. The number of rotatable bonds is 6. The third-order valence-corrected chi connectivity index (χ3v) is 8.16. The van der Waals surface area contributed by atoms with E-state index in [9.17, 15) is 0 Å². The minimum absolute atomic E-state index is 0.728. The van der Waals surface area contributed by atoms with E-state index in [-0.39, 0.29) is 0 Å². The van der Waals surface area contributed by atoms with Gasteiger partial charge in [-0.25, -0.2) is 0 Å². The molecule has 8 rings (SSSR count). The van der Waals surface area contributed by atoms with Crippen molar-refractivity contribution in [1.82, 2.24) is 0 Å². The van der Waals surface area contributed by atoms with Crippen molar-refractivity contribution in [2.45, 2.75) is 0 Å². The van der Waals surface area contributed by atoms with Crippen molar-refractivity contribution in [2.24, 2.45) is 0 Å². The lowest BCUT2D eigenvalue weighted by molar-refractivity contribution is 0.460. The van der Waals surface area contributed by atoms with Crippen LogP contribution in [-0.4, -0.2) is 7.69 Å². The monoisotopic (exact) mass is 549 g/mol. The first-order valence-electron chi connectivity index (χ1n) is 14.5. The van der Waals surface area contributed by atoms with Crippen LogP contribution in [0.4, 0.5) is 0 Å². The summed E-state index contributed by atoms with van der Waals surface area (Å²) in [5, 5.41) is 9.55. The van der Waals surface area contributed by atoms with Gasteiger partial charge in [-0.05, 0) is 114 Å². The van der Waals surface area contributed by atoms with E-state index in [1.807, 2.05) is 24.3 Å². The van der Waals surface area contributed by atoms with E-state index in [0.29, 0.717) is 0 Å². The summed E-state index contributed by atoms with van der Waals surface area (Å²) in [5.41, 5.74) is 4.82. The molecule has 0 unspecified atom stereocenters. The molecule has 0 fully saturated rings. The molecule has 0 amide bonds. The topological polar surface area (TPSA) is 18.5 Å². The second-order valence-corrected chi connectivity index (χ2v) is 10.9. The molecule has 0 spiro atoms. The molecule has 8 aromatic carbocycles. The van der Waals surface area contributed by atoms with Gasteiger partial charge in [-0.1, -0.05) is 109 Å².